The van der Waals surface area contributed by atoms with Crippen LogP contribution in [-0.2, 0) is 5.54 Å². The molecule has 0 spiro atoms. The Hall–Kier alpha value is -0.860. The molecule has 1 N–H and O–H groups in total. The van der Waals surface area contributed by atoms with Crippen LogP contribution in [0.15, 0.2) is 30.3 Å². The molecule has 3 rings (SSSR count). The van der Waals surface area contributed by atoms with Crippen LogP contribution < -0.4 is 5.32 Å². The molecule has 1 aliphatic carbocycles. The van der Waals surface area contributed by atoms with Crippen LogP contribution >= 0.6 is 0 Å². The highest BCUT2D eigenvalue weighted by Crippen LogP contribution is 2.34. The Balaban J connectivity index is 1.74. The molecule has 2 aliphatic rings. The minimum Gasteiger partial charge on any atom is -0.305 e. The summed E-state index contributed by atoms with van der Waals surface area (Å²) >= 11 is 0. The monoisotopic (exact) mass is 286 g/mol. The van der Waals surface area contributed by atoms with Crippen LogP contribution in [0.4, 0.5) is 0 Å². The summed E-state index contributed by atoms with van der Waals surface area (Å²) in [6.07, 6.45) is 7.20. The Bertz CT molecular complexity index is 438. The van der Waals surface area contributed by atoms with E-state index < -0.39 is 0 Å². The van der Waals surface area contributed by atoms with Crippen molar-refractivity contribution < 1.29 is 0 Å². The summed E-state index contributed by atoms with van der Waals surface area (Å²) in [5.74, 6) is 0.909. The fraction of sp³-hybridized carbons (Fsp3) is 0.684. The van der Waals surface area contributed by atoms with Gasteiger partial charge in [0.1, 0.15) is 0 Å². The zero-order valence-electron chi connectivity index (χ0n) is 13.6. The van der Waals surface area contributed by atoms with Gasteiger partial charge in [-0.25, -0.2) is 0 Å². The third-order valence-corrected chi connectivity index (χ3v) is 5.70. The SMILES string of the molecule is CCN1CC(C)(c2ccccc2)NCC1C1CCCCC1. The predicted octanol–water partition coefficient (Wildman–Crippen LogP) is 3.78. The number of benzene rings is 1. The van der Waals surface area contributed by atoms with Crippen molar-refractivity contribution in [2.75, 3.05) is 19.6 Å². The van der Waals surface area contributed by atoms with Crippen molar-refractivity contribution >= 4 is 0 Å². The van der Waals surface area contributed by atoms with Crippen LogP contribution in [-0.4, -0.2) is 30.6 Å². The Morgan fingerprint density at radius 1 is 1.14 bits per heavy atom. The molecule has 2 fully saturated rings. The molecule has 21 heavy (non-hydrogen) atoms. The molecule has 1 heterocycles. The molecule has 0 amide bonds. The van der Waals surface area contributed by atoms with E-state index in [0.29, 0.717) is 0 Å². The average molecular weight is 286 g/mol. The van der Waals surface area contributed by atoms with E-state index in [-0.39, 0.29) is 5.54 Å². The fourth-order valence-electron chi connectivity index (χ4n) is 4.37. The molecule has 116 valence electrons. The van der Waals surface area contributed by atoms with E-state index in [4.69, 9.17) is 0 Å². The van der Waals surface area contributed by atoms with E-state index in [2.05, 4.69) is 54.4 Å². The fourth-order valence-corrected chi connectivity index (χ4v) is 4.37. The highest BCUT2D eigenvalue weighted by molar-refractivity contribution is 5.25. The van der Waals surface area contributed by atoms with Crippen LogP contribution in [0.25, 0.3) is 0 Å². The molecule has 1 aliphatic heterocycles. The molecule has 2 nitrogen and oxygen atoms in total. The van der Waals surface area contributed by atoms with Gasteiger partial charge in [-0.05, 0) is 37.8 Å². The van der Waals surface area contributed by atoms with Crippen LogP contribution in [0.2, 0.25) is 0 Å². The number of likely N-dealkylation sites (N-methyl/N-ethyl adjacent to an activating group) is 1. The van der Waals surface area contributed by atoms with Crippen LogP contribution in [0.5, 0.6) is 0 Å². The number of piperazine rings is 1. The summed E-state index contributed by atoms with van der Waals surface area (Å²) < 4.78 is 0. The van der Waals surface area contributed by atoms with Gasteiger partial charge in [-0.1, -0.05) is 56.5 Å². The van der Waals surface area contributed by atoms with Gasteiger partial charge in [-0.2, -0.15) is 0 Å². The maximum Gasteiger partial charge on any atom is 0.0535 e. The average Bonchev–Trinajstić information content (AvgIpc) is 2.56. The Kier molecular flexibility index (Phi) is 4.66. The molecule has 2 heteroatoms. The van der Waals surface area contributed by atoms with Gasteiger partial charge in [-0.15, -0.1) is 0 Å². The highest BCUT2D eigenvalue weighted by atomic mass is 15.3. The normalized spacial score (nSPS) is 32.2. The van der Waals surface area contributed by atoms with E-state index in [1.165, 1.54) is 44.2 Å². The summed E-state index contributed by atoms with van der Waals surface area (Å²) in [6, 6.07) is 11.7. The smallest absolute Gasteiger partial charge is 0.0535 e. The van der Waals surface area contributed by atoms with Gasteiger partial charge < -0.3 is 5.32 Å². The first kappa shape index (κ1) is 15.1. The number of hydrogen-bond acceptors (Lipinski definition) is 2. The first-order valence-corrected chi connectivity index (χ1v) is 8.77. The van der Waals surface area contributed by atoms with Gasteiger partial charge in [-0.3, -0.25) is 4.90 Å². The van der Waals surface area contributed by atoms with E-state index in [0.717, 1.165) is 25.0 Å². The molecule has 0 bridgehead atoms. The van der Waals surface area contributed by atoms with E-state index in [1.54, 1.807) is 0 Å². The lowest BCUT2D eigenvalue weighted by Gasteiger charge is -2.49. The van der Waals surface area contributed by atoms with Crippen LogP contribution in [0.1, 0.15) is 51.5 Å². The lowest BCUT2D eigenvalue weighted by atomic mass is 9.79. The molecule has 2 atom stereocenters. The first-order valence-electron chi connectivity index (χ1n) is 8.77. The second kappa shape index (κ2) is 6.50. The number of nitrogens with one attached hydrogen (secondary N) is 1. The molecule has 0 aromatic heterocycles. The zero-order chi connectivity index (χ0) is 14.7. The number of hydrogen-bond donors (Lipinski definition) is 1. The predicted molar refractivity (Wildman–Crippen MR) is 89.4 cm³/mol. The molecular weight excluding hydrogens is 256 g/mol. The summed E-state index contributed by atoms with van der Waals surface area (Å²) in [5, 5.41) is 3.88. The second-order valence-corrected chi connectivity index (χ2v) is 7.11. The standard InChI is InChI=1S/C19H30N2/c1-3-21-15-19(2,17-12-8-5-9-13-17)20-14-18(21)16-10-6-4-7-11-16/h5,8-9,12-13,16,18,20H,3-4,6-7,10-11,14-15H2,1-2H3. The summed E-state index contributed by atoms with van der Waals surface area (Å²) in [5.41, 5.74) is 1.52. The van der Waals surface area contributed by atoms with Crippen molar-refractivity contribution in [2.24, 2.45) is 5.92 Å². The molecule has 1 aromatic carbocycles. The second-order valence-electron chi connectivity index (χ2n) is 7.11. The van der Waals surface area contributed by atoms with Crippen molar-refractivity contribution in [3.05, 3.63) is 35.9 Å². The summed E-state index contributed by atoms with van der Waals surface area (Å²) in [4.78, 5) is 2.74. The zero-order valence-corrected chi connectivity index (χ0v) is 13.6. The lowest BCUT2D eigenvalue weighted by Crippen LogP contribution is -2.63. The van der Waals surface area contributed by atoms with Crippen molar-refractivity contribution in [3.63, 3.8) is 0 Å². The van der Waals surface area contributed by atoms with E-state index >= 15 is 0 Å². The third kappa shape index (κ3) is 3.17. The van der Waals surface area contributed by atoms with Crippen LogP contribution in [0, 0.1) is 5.92 Å². The van der Waals surface area contributed by atoms with Gasteiger partial charge in [0.05, 0.1) is 5.54 Å². The molecule has 0 radical (unpaired) electrons. The maximum atomic E-state index is 3.88. The number of nitrogens with zero attached hydrogens (tertiary/aromatic N) is 1. The third-order valence-electron chi connectivity index (χ3n) is 5.70. The van der Waals surface area contributed by atoms with Gasteiger partial charge in [0, 0.05) is 19.1 Å². The molecule has 1 saturated heterocycles. The van der Waals surface area contributed by atoms with Crippen molar-refractivity contribution in [1.82, 2.24) is 10.2 Å². The quantitative estimate of drug-likeness (QED) is 0.910. The molecule has 1 aromatic rings. The largest absolute Gasteiger partial charge is 0.305 e. The summed E-state index contributed by atoms with van der Waals surface area (Å²) in [6.45, 7) is 8.14. The topological polar surface area (TPSA) is 15.3 Å². The minimum atomic E-state index is 0.0996. The highest BCUT2D eigenvalue weighted by Gasteiger charge is 2.39. The van der Waals surface area contributed by atoms with Crippen molar-refractivity contribution in [1.29, 1.82) is 0 Å². The maximum absolute atomic E-state index is 3.88. The lowest BCUT2D eigenvalue weighted by molar-refractivity contribution is 0.0450. The molecule has 2 unspecified atom stereocenters. The van der Waals surface area contributed by atoms with E-state index in [9.17, 15) is 0 Å². The number of rotatable bonds is 3. The summed E-state index contributed by atoms with van der Waals surface area (Å²) in [7, 11) is 0. The van der Waals surface area contributed by atoms with Gasteiger partial charge in [0.2, 0.25) is 0 Å². The Labute approximate surface area is 129 Å². The Morgan fingerprint density at radius 2 is 1.86 bits per heavy atom. The first-order chi connectivity index (χ1) is 10.2. The van der Waals surface area contributed by atoms with Gasteiger partial charge in [0.15, 0.2) is 0 Å². The van der Waals surface area contributed by atoms with Crippen molar-refractivity contribution in [3.8, 4) is 0 Å². The molecule has 1 saturated carbocycles. The van der Waals surface area contributed by atoms with Crippen LogP contribution in [0.3, 0.4) is 0 Å². The van der Waals surface area contributed by atoms with E-state index in [1.807, 2.05) is 0 Å². The molecular formula is C19H30N2. The van der Waals surface area contributed by atoms with Crippen molar-refractivity contribution in [2.45, 2.75) is 57.5 Å². The Morgan fingerprint density at radius 3 is 2.52 bits per heavy atom. The van der Waals surface area contributed by atoms with Gasteiger partial charge >= 0.3 is 0 Å². The minimum absolute atomic E-state index is 0.0996. The van der Waals surface area contributed by atoms with Gasteiger partial charge in [0.25, 0.3) is 0 Å².